The smallest absolute Gasteiger partial charge is 0.330 e. The highest BCUT2D eigenvalue weighted by Gasteiger charge is 2.19. The molecule has 0 amide bonds. The molecule has 0 atom stereocenters. The topological polar surface area (TPSA) is 94.1 Å². The van der Waals surface area contributed by atoms with Gasteiger partial charge in [-0.25, -0.2) is 14.3 Å². The molecule has 0 saturated carbocycles. The molecule has 0 radical (unpaired) electrons. The molecule has 19 heavy (non-hydrogen) atoms. The summed E-state index contributed by atoms with van der Waals surface area (Å²) in [6.45, 7) is 4.70. The number of nitrogens with zero attached hydrogens (tertiary/aromatic N) is 2. The van der Waals surface area contributed by atoms with Gasteiger partial charge in [-0.3, -0.25) is 14.6 Å². The number of esters is 1. The third-order valence-electron chi connectivity index (χ3n) is 2.19. The first-order chi connectivity index (χ1) is 8.78. The third kappa shape index (κ3) is 2.90. The molecular weight excluding hydrogens is 270 g/mol. The first-order valence-corrected chi connectivity index (χ1v) is 6.44. The largest absolute Gasteiger partial charge is 0.459 e. The lowest BCUT2D eigenvalue weighted by atomic mass is 10.2. The Hall–Kier alpha value is -1.96. The lowest BCUT2D eigenvalue weighted by molar-refractivity contribution is -0.155. The van der Waals surface area contributed by atoms with Crippen LogP contribution in [0.2, 0.25) is 0 Å². The number of ether oxygens (including phenoxy) is 1. The van der Waals surface area contributed by atoms with E-state index < -0.39 is 29.4 Å². The Kier molecular flexibility index (Phi) is 3.27. The molecule has 102 valence electrons. The van der Waals surface area contributed by atoms with Crippen molar-refractivity contribution in [3.05, 3.63) is 26.3 Å². The zero-order chi connectivity index (χ0) is 14.2. The second-order valence-electron chi connectivity index (χ2n) is 4.94. The van der Waals surface area contributed by atoms with Crippen molar-refractivity contribution < 1.29 is 9.53 Å². The van der Waals surface area contributed by atoms with E-state index in [1.54, 1.807) is 20.8 Å². The van der Waals surface area contributed by atoms with E-state index >= 15 is 0 Å². The summed E-state index contributed by atoms with van der Waals surface area (Å²) < 4.78 is 5.86. The summed E-state index contributed by atoms with van der Waals surface area (Å²) in [6, 6.07) is 0. The van der Waals surface area contributed by atoms with Crippen molar-refractivity contribution in [1.29, 1.82) is 0 Å². The van der Waals surface area contributed by atoms with Crippen LogP contribution in [0.15, 0.2) is 15.1 Å². The molecular formula is C11H13N3O4S. The maximum atomic E-state index is 12.0. The van der Waals surface area contributed by atoms with Crippen LogP contribution in [0.5, 0.6) is 0 Å². The molecule has 0 aliphatic rings. The van der Waals surface area contributed by atoms with Crippen LogP contribution < -0.4 is 11.2 Å². The second-order valence-corrected chi connectivity index (χ2v) is 5.79. The number of H-pyrrole nitrogens is 1. The van der Waals surface area contributed by atoms with E-state index in [2.05, 4.69) is 9.97 Å². The summed E-state index contributed by atoms with van der Waals surface area (Å²) in [4.78, 5) is 42.1. The fourth-order valence-electron chi connectivity index (χ4n) is 1.52. The SMILES string of the molecule is CC(C)(C)OC(=O)Cn1c(=O)[nH]c2scnc2c1=O. The van der Waals surface area contributed by atoms with Crippen molar-refractivity contribution in [3.63, 3.8) is 0 Å². The van der Waals surface area contributed by atoms with Crippen LogP contribution in [0.4, 0.5) is 0 Å². The van der Waals surface area contributed by atoms with Crippen LogP contribution in [0, 0.1) is 0 Å². The van der Waals surface area contributed by atoms with Gasteiger partial charge in [-0.2, -0.15) is 0 Å². The highest BCUT2D eigenvalue weighted by atomic mass is 32.1. The molecule has 2 heterocycles. The van der Waals surface area contributed by atoms with Crippen LogP contribution >= 0.6 is 11.3 Å². The van der Waals surface area contributed by atoms with Crippen molar-refractivity contribution >= 4 is 27.7 Å². The van der Waals surface area contributed by atoms with E-state index in [0.29, 0.717) is 4.83 Å². The first kappa shape index (κ1) is 13.5. The Morgan fingerprint density at radius 3 is 2.79 bits per heavy atom. The Balaban J connectivity index is 2.38. The Labute approximate surface area is 111 Å². The highest BCUT2D eigenvalue weighted by molar-refractivity contribution is 7.16. The number of rotatable bonds is 2. The number of carbonyl (C=O) groups is 1. The van der Waals surface area contributed by atoms with Gasteiger partial charge in [0.15, 0.2) is 5.52 Å². The average molecular weight is 283 g/mol. The van der Waals surface area contributed by atoms with Crippen molar-refractivity contribution in [2.45, 2.75) is 32.9 Å². The number of hydrogen-bond donors (Lipinski definition) is 1. The van der Waals surface area contributed by atoms with Gasteiger partial charge in [0.25, 0.3) is 5.56 Å². The third-order valence-corrected chi connectivity index (χ3v) is 2.93. The highest BCUT2D eigenvalue weighted by Crippen LogP contribution is 2.09. The predicted octanol–water partition coefficient (Wildman–Crippen LogP) is 0.488. The number of carbonyl (C=O) groups excluding carboxylic acids is 1. The fraction of sp³-hybridized carbons (Fsp3) is 0.455. The average Bonchev–Trinajstić information content (AvgIpc) is 2.69. The first-order valence-electron chi connectivity index (χ1n) is 5.56. The van der Waals surface area contributed by atoms with Gasteiger partial charge in [0.05, 0.1) is 5.51 Å². The Morgan fingerprint density at radius 2 is 2.16 bits per heavy atom. The number of fused-ring (bicyclic) bond motifs is 1. The molecule has 0 bridgehead atoms. The van der Waals surface area contributed by atoms with E-state index in [1.807, 2.05) is 0 Å². The summed E-state index contributed by atoms with van der Waals surface area (Å²) in [5.41, 5.74) is -0.301. The summed E-state index contributed by atoms with van der Waals surface area (Å²) in [6.07, 6.45) is 0. The molecule has 2 rings (SSSR count). The molecule has 0 aromatic carbocycles. The van der Waals surface area contributed by atoms with Crippen LogP contribution in [-0.4, -0.2) is 26.1 Å². The quantitative estimate of drug-likeness (QED) is 0.809. The van der Waals surface area contributed by atoms with E-state index in [4.69, 9.17) is 4.74 Å². The summed E-state index contributed by atoms with van der Waals surface area (Å²) >= 11 is 1.16. The molecule has 2 aromatic heterocycles. The Bertz CT molecular complexity index is 735. The lowest BCUT2D eigenvalue weighted by Gasteiger charge is -2.19. The van der Waals surface area contributed by atoms with Gasteiger partial charge in [0, 0.05) is 0 Å². The van der Waals surface area contributed by atoms with E-state index in [9.17, 15) is 14.4 Å². The maximum Gasteiger partial charge on any atom is 0.330 e. The molecule has 8 heteroatoms. The van der Waals surface area contributed by atoms with Gasteiger partial charge < -0.3 is 4.74 Å². The number of aromatic nitrogens is 3. The molecule has 1 N–H and O–H groups in total. The lowest BCUT2D eigenvalue weighted by Crippen LogP contribution is -2.39. The molecule has 0 unspecified atom stereocenters. The van der Waals surface area contributed by atoms with Gasteiger partial charge in [-0.05, 0) is 20.8 Å². The van der Waals surface area contributed by atoms with Gasteiger partial charge >= 0.3 is 11.7 Å². The zero-order valence-corrected chi connectivity index (χ0v) is 11.5. The summed E-state index contributed by atoms with van der Waals surface area (Å²) in [5.74, 6) is -0.644. The monoisotopic (exact) mass is 283 g/mol. The fourth-order valence-corrected chi connectivity index (χ4v) is 2.18. The van der Waals surface area contributed by atoms with Crippen molar-refractivity contribution in [2.24, 2.45) is 0 Å². The number of aromatic amines is 1. The normalized spacial score (nSPS) is 11.7. The molecule has 0 fully saturated rings. The standard InChI is InChI=1S/C11H13N3O4S/c1-11(2,3)18-6(15)4-14-9(16)7-8(13-10(14)17)19-5-12-7/h5H,4H2,1-3H3,(H,13,17). The minimum Gasteiger partial charge on any atom is -0.459 e. The number of nitrogens with one attached hydrogen (secondary N) is 1. The van der Waals surface area contributed by atoms with Crippen molar-refractivity contribution in [1.82, 2.24) is 14.5 Å². The van der Waals surface area contributed by atoms with Crippen LogP contribution in [0.1, 0.15) is 20.8 Å². The number of thiazole rings is 1. The van der Waals surface area contributed by atoms with Crippen molar-refractivity contribution in [3.8, 4) is 0 Å². The molecule has 7 nitrogen and oxygen atoms in total. The zero-order valence-electron chi connectivity index (χ0n) is 10.7. The van der Waals surface area contributed by atoms with E-state index in [0.717, 1.165) is 15.9 Å². The van der Waals surface area contributed by atoms with Crippen molar-refractivity contribution in [2.75, 3.05) is 0 Å². The minimum absolute atomic E-state index is 0.146. The number of hydrogen-bond acceptors (Lipinski definition) is 6. The van der Waals surface area contributed by atoms with E-state index in [-0.39, 0.29) is 5.52 Å². The molecule has 0 aliphatic carbocycles. The van der Waals surface area contributed by atoms with Crippen LogP contribution in [0.3, 0.4) is 0 Å². The van der Waals surface area contributed by atoms with Crippen LogP contribution in [-0.2, 0) is 16.1 Å². The molecule has 0 saturated heterocycles. The van der Waals surface area contributed by atoms with Gasteiger partial charge in [0.2, 0.25) is 0 Å². The second kappa shape index (κ2) is 4.61. The van der Waals surface area contributed by atoms with Gasteiger partial charge in [-0.1, -0.05) is 0 Å². The summed E-state index contributed by atoms with van der Waals surface area (Å²) in [5, 5.41) is 0. The van der Waals surface area contributed by atoms with Crippen LogP contribution in [0.25, 0.3) is 10.3 Å². The Morgan fingerprint density at radius 1 is 1.47 bits per heavy atom. The van der Waals surface area contributed by atoms with E-state index in [1.165, 1.54) is 5.51 Å². The minimum atomic E-state index is -0.668. The predicted molar refractivity (Wildman–Crippen MR) is 70.3 cm³/mol. The van der Waals surface area contributed by atoms with Gasteiger partial charge in [-0.15, -0.1) is 11.3 Å². The summed E-state index contributed by atoms with van der Waals surface area (Å²) in [7, 11) is 0. The molecule has 0 aliphatic heterocycles. The molecule has 2 aromatic rings. The maximum absolute atomic E-state index is 12.0. The molecule has 0 spiro atoms. The van der Waals surface area contributed by atoms with Gasteiger partial charge in [0.1, 0.15) is 17.0 Å².